The number of amides is 1. The highest BCUT2D eigenvalue weighted by Crippen LogP contribution is 2.29. The van der Waals surface area contributed by atoms with E-state index in [1.54, 1.807) is 0 Å². The van der Waals surface area contributed by atoms with Crippen molar-refractivity contribution in [2.45, 2.75) is 37.6 Å². The molecule has 0 aliphatic heterocycles. The molecular formula is C15H24N2O5S. The molecule has 23 heavy (non-hydrogen) atoms. The summed E-state index contributed by atoms with van der Waals surface area (Å²) in [6, 6.07) is 3.37. The number of ether oxygens (including phenoxy) is 2. The van der Waals surface area contributed by atoms with Gasteiger partial charge in [-0.3, -0.25) is 4.79 Å². The molecule has 0 unspecified atom stereocenters. The predicted molar refractivity (Wildman–Crippen MR) is 87.2 cm³/mol. The van der Waals surface area contributed by atoms with Crippen molar-refractivity contribution in [1.29, 1.82) is 0 Å². The molecule has 1 aromatic rings. The summed E-state index contributed by atoms with van der Waals surface area (Å²) in [5, 5.41) is 2.69. The molecule has 0 heterocycles. The molecule has 0 aliphatic rings. The summed E-state index contributed by atoms with van der Waals surface area (Å²) in [7, 11) is -0.952. The van der Waals surface area contributed by atoms with Crippen LogP contribution in [0.3, 0.4) is 0 Å². The Morgan fingerprint density at radius 2 is 1.87 bits per heavy atom. The summed E-state index contributed by atoms with van der Waals surface area (Å²) in [6.45, 7) is 4.03. The lowest BCUT2D eigenvalue weighted by atomic mass is 10.3. The van der Waals surface area contributed by atoms with Crippen molar-refractivity contribution in [1.82, 2.24) is 10.0 Å². The summed E-state index contributed by atoms with van der Waals surface area (Å²) in [6.07, 6.45) is 1.80. The molecule has 1 rings (SSSR count). The highest BCUT2D eigenvalue weighted by atomic mass is 32.2. The van der Waals surface area contributed by atoms with E-state index in [2.05, 4.69) is 10.0 Å². The van der Waals surface area contributed by atoms with Crippen LogP contribution in [0.5, 0.6) is 11.5 Å². The minimum absolute atomic E-state index is 0.00311. The van der Waals surface area contributed by atoms with Gasteiger partial charge in [-0.2, -0.15) is 4.72 Å². The molecule has 1 atom stereocenters. The lowest BCUT2D eigenvalue weighted by molar-refractivity contribution is -0.122. The molecule has 0 saturated carbocycles. The predicted octanol–water partition coefficient (Wildman–Crippen LogP) is 1.29. The van der Waals surface area contributed by atoms with E-state index < -0.39 is 16.1 Å². The Bertz CT molecular complexity index is 631. The lowest BCUT2D eigenvalue weighted by Gasteiger charge is -2.15. The van der Waals surface area contributed by atoms with Crippen molar-refractivity contribution in [3.63, 3.8) is 0 Å². The third kappa shape index (κ3) is 5.40. The van der Waals surface area contributed by atoms with Crippen LogP contribution in [0.2, 0.25) is 0 Å². The zero-order valence-electron chi connectivity index (χ0n) is 13.9. The van der Waals surface area contributed by atoms with Crippen molar-refractivity contribution in [3.05, 3.63) is 18.2 Å². The Hall–Kier alpha value is -1.80. The number of hydrogen-bond donors (Lipinski definition) is 2. The third-order valence-corrected chi connectivity index (χ3v) is 4.76. The minimum atomic E-state index is -3.84. The van der Waals surface area contributed by atoms with Crippen molar-refractivity contribution < 1.29 is 22.7 Å². The van der Waals surface area contributed by atoms with E-state index in [1.807, 2.05) is 6.92 Å². The molecule has 1 amide bonds. The molecular weight excluding hydrogens is 320 g/mol. The highest BCUT2D eigenvalue weighted by Gasteiger charge is 2.23. The van der Waals surface area contributed by atoms with Crippen LogP contribution in [0.25, 0.3) is 0 Å². The molecule has 0 aromatic heterocycles. The van der Waals surface area contributed by atoms with Crippen molar-refractivity contribution in [2.75, 3.05) is 20.8 Å². The van der Waals surface area contributed by atoms with Crippen LogP contribution in [0.15, 0.2) is 23.1 Å². The van der Waals surface area contributed by atoms with Gasteiger partial charge in [-0.25, -0.2) is 8.42 Å². The van der Waals surface area contributed by atoms with Crippen molar-refractivity contribution in [3.8, 4) is 11.5 Å². The normalized spacial score (nSPS) is 12.5. The van der Waals surface area contributed by atoms with Crippen molar-refractivity contribution >= 4 is 15.9 Å². The molecule has 0 fully saturated rings. The SMILES string of the molecule is CCCCNC(=O)[C@H](C)NS(=O)(=O)c1ccc(OC)c(OC)c1. The molecule has 8 heteroatoms. The summed E-state index contributed by atoms with van der Waals surface area (Å²) in [5.74, 6) is 0.370. The van der Waals surface area contributed by atoms with Crippen LogP contribution in [0.1, 0.15) is 26.7 Å². The van der Waals surface area contributed by atoms with Gasteiger partial charge in [0.25, 0.3) is 0 Å². The minimum Gasteiger partial charge on any atom is -0.493 e. The number of benzene rings is 1. The number of sulfonamides is 1. The van der Waals surface area contributed by atoms with E-state index >= 15 is 0 Å². The summed E-state index contributed by atoms with van der Waals surface area (Å²) >= 11 is 0. The quantitative estimate of drug-likeness (QED) is 0.658. The van der Waals surface area contributed by atoms with E-state index in [4.69, 9.17) is 9.47 Å². The number of methoxy groups -OCH3 is 2. The van der Waals surface area contributed by atoms with E-state index in [9.17, 15) is 13.2 Å². The number of carbonyl (C=O) groups is 1. The molecule has 7 nitrogen and oxygen atoms in total. The van der Waals surface area contributed by atoms with Gasteiger partial charge in [-0.15, -0.1) is 0 Å². The van der Waals surface area contributed by atoms with Gasteiger partial charge < -0.3 is 14.8 Å². The topological polar surface area (TPSA) is 93.7 Å². The smallest absolute Gasteiger partial charge is 0.241 e. The molecule has 2 N–H and O–H groups in total. The Morgan fingerprint density at radius 1 is 1.22 bits per heavy atom. The molecule has 0 aliphatic carbocycles. The van der Waals surface area contributed by atoms with E-state index in [0.717, 1.165) is 12.8 Å². The first-order chi connectivity index (χ1) is 10.9. The van der Waals surface area contributed by atoms with E-state index in [0.29, 0.717) is 18.0 Å². The number of hydrogen-bond acceptors (Lipinski definition) is 5. The van der Waals surface area contributed by atoms with E-state index in [1.165, 1.54) is 39.3 Å². The standard InChI is InChI=1S/C15H24N2O5S/c1-5-6-9-16-15(18)11(2)17-23(19,20)12-7-8-13(21-3)14(10-12)22-4/h7-8,10-11,17H,5-6,9H2,1-4H3,(H,16,18)/t11-/m0/s1. The first-order valence-electron chi connectivity index (χ1n) is 7.37. The maximum Gasteiger partial charge on any atom is 0.241 e. The van der Waals surface area contributed by atoms with Gasteiger partial charge >= 0.3 is 0 Å². The van der Waals surface area contributed by atoms with Crippen LogP contribution in [-0.2, 0) is 14.8 Å². The number of carbonyl (C=O) groups excluding carboxylic acids is 1. The van der Waals surface area contributed by atoms with Gasteiger partial charge in [-0.1, -0.05) is 13.3 Å². The van der Waals surface area contributed by atoms with Gasteiger partial charge in [0.05, 0.1) is 25.2 Å². The van der Waals surface area contributed by atoms with Crippen LogP contribution in [0.4, 0.5) is 0 Å². The van der Waals surface area contributed by atoms with Gasteiger partial charge in [0, 0.05) is 12.6 Å². The average Bonchev–Trinajstić information content (AvgIpc) is 2.53. The second kappa shape index (κ2) is 8.73. The fourth-order valence-electron chi connectivity index (χ4n) is 1.88. The number of rotatable bonds is 9. The number of unbranched alkanes of at least 4 members (excludes halogenated alkanes) is 1. The van der Waals surface area contributed by atoms with Gasteiger partial charge in [-0.05, 0) is 25.5 Å². The Morgan fingerprint density at radius 3 is 2.43 bits per heavy atom. The van der Waals surface area contributed by atoms with Crippen LogP contribution >= 0.6 is 0 Å². The molecule has 0 bridgehead atoms. The van der Waals surface area contributed by atoms with Gasteiger partial charge in [0.1, 0.15) is 0 Å². The average molecular weight is 344 g/mol. The number of nitrogens with one attached hydrogen (secondary N) is 2. The largest absolute Gasteiger partial charge is 0.493 e. The zero-order chi connectivity index (χ0) is 17.5. The summed E-state index contributed by atoms with van der Waals surface area (Å²) in [4.78, 5) is 11.9. The van der Waals surface area contributed by atoms with Crippen molar-refractivity contribution in [2.24, 2.45) is 0 Å². The van der Waals surface area contributed by atoms with Gasteiger partial charge in [0.2, 0.25) is 15.9 Å². The molecule has 130 valence electrons. The molecule has 0 saturated heterocycles. The summed E-state index contributed by atoms with van der Waals surface area (Å²) < 4.78 is 37.2. The lowest BCUT2D eigenvalue weighted by Crippen LogP contribution is -2.44. The van der Waals surface area contributed by atoms with E-state index in [-0.39, 0.29) is 10.8 Å². The molecule has 1 aromatic carbocycles. The fourth-order valence-corrected chi connectivity index (χ4v) is 3.10. The third-order valence-electron chi connectivity index (χ3n) is 3.22. The monoisotopic (exact) mass is 344 g/mol. The maximum absolute atomic E-state index is 12.4. The molecule has 0 spiro atoms. The molecule has 0 radical (unpaired) electrons. The summed E-state index contributed by atoms with van der Waals surface area (Å²) in [5.41, 5.74) is 0. The second-order valence-electron chi connectivity index (χ2n) is 5.00. The van der Waals surface area contributed by atoms with Gasteiger partial charge in [0.15, 0.2) is 11.5 Å². The maximum atomic E-state index is 12.4. The highest BCUT2D eigenvalue weighted by molar-refractivity contribution is 7.89. The Kier molecular flexibility index (Phi) is 7.31. The van der Waals surface area contributed by atoms with Crippen LogP contribution < -0.4 is 19.5 Å². The first kappa shape index (κ1) is 19.2. The zero-order valence-corrected chi connectivity index (χ0v) is 14.7. The van der Waals surface area contributed by atoms with Crippen LogP contribution in [-0.4, -0.2) is 41.1 Å². The Balaban J connectivity index is 2.84. The Labute approximate surface area is 137 Å². The second-order valence-corrected chi connectivity index (χ2v) is 6.72. The fraction of sp³-hybridized carbons (Fsp3) is 0.533. The van der Waals surface area contributed by atoms with Crippen LogP contribution in [0, 0.1) is 0 Å². The first-order valence-corrected chi connectivity index (χ1v) is 8.86.